The maximum atomic E-state index is 10.8. The van der Waals surface area contributed by atoms with E-state index in [0.29, 0.717) is 11.8 Å². The van der Waals surface area contributed by atoms with Gasteiger partial charge in [0.15, 0.2) is 5.17 Å². The Labute approximate surface area is 160 Å². The third kappa shape index (κ3) is 2.85. The summed E-state index contributed by atoms with van der Waals surface area (Å²) in [5.74, 6) is 1.36. The van der Waals surface area contributed by atoms with E-state index in [-0.39, 0.29) is 12.1 Å². The molecular formula is C19H20BrN3OS. The number of benzene rings is 1. The summed E-state index contributed by atoms with van der Waals surface area (Å²) in [7, 11) is 0. The van der Waals surface area contributed by atoms with Gasteiger partial charge < -0.3 is 10.0 Å². The lowest BCUT2D eigenvalue weighted by atomic mass is 9.93. The van der Waals surface area contributed by atoms with Gasteiger partial charge in [0.2, 0.25) is 0 Å². The molecule has 0 aliphatic carbocycles. The van der Waals surface area contributed by atoms with Crippen LogP contribution in [0.2, 0.25) is 0 Å². The summed E-state index contributed by atoms with van der Waals surface area (Å²) in [4.78, 5) is 11.9. The first kappa shape index (κ1) is 16.9. The smallest absolute Gasteiger partial charge is 0.160 e. The van der Waals surface area contributed by atoms with Gasteiger partial charge in [-0.25, -0.2) is 0 Å². The minimum Gasteiger partial charge on any atom is -0.506 e. The Morgan fingerprint density at radius 1 is 1.36 bits per heavy atom. The molecule has 2 aliphatic rings. The standard InChI is InChI=1S/C19H20BrN3OS/c1-3-12-10-25-19-22-16(15-6-4-5-7-21-15)17(23(12)19)13-8-11(2)9-14(20)18(13)24/h4-9,12,16-17,24H,3,10H2,1-2H3. The quantitative estimate of drug-likeness (QED) is 0.775. The second kappa shape index (κ2) is 6.65. The van der Waals surface area contributed by atoms with Gasteiger partial charge in [-0.3, -0.25) is 9.98 Å². The molecule has 2 aliphatic heterocycles. The molecule has 1 aromatic heterocycles. The number of aliphatic imine (C=N–C) groups is 1. The van der Waals surface area contributed by atoms with Crippen molar-refractivity contribution in [3.63, 3.8) is 0 Å². The first-order chi connectivity index (χ1) is 12.1. The molecule has 2 aromatic rings. The minimum atomic E-state index is -0.0994. The molecule has 3 unspecified atom stereocenters. The molecule has 0 radical (unpaired) electrons. The van der Waals surface area contributed by atoms with E-state index in [9.17, 15) is 5.11 Å². The lowest BCUT2D eigenvalue weighted by Gasteiger charge is -2.32. The zero-order valence-electron chi connectivity index (χ0n) is 14.2. The zero-order chi connectivity index (χ0) is 17.6. The normalized spacial score (nSPS) is 25.2. The number of thioether (sulfide) groups is 1. The fraction of sp³-hybridized carbons (Fsp3) is 0.368. The van der Waals surface area contributed by atoms with E-state index >= 15 is 0 Å². The Bertz CT molecular complexity index is 827. The molecule has 3 atom stereocenters. The van der Waals surface area contributed by atoms with Crippen molar-refractivity contribution >= 4 is 32.9 Å². The summed E-state index contributed by atoms with van der Waals surface area (Å²) < 4.78 is 0.732. The van der Waals surface area contributed by atoms with Crippen molar-refractivity contribution in [3.8, 4) is 5.75 Å². The van der Waals surface area contributed by atoms with E-state index in [1.54, 1.807) is 0 Å². The van der Waals surface area contributed by atoms with Gasteiger partial charge in [0.25, 0.3) is 0 Å². The third-order valence-corrected chi connectivity index (χ3v) is 6.62. The number of aryl methyl sites for hydroxylation is 1. The van der Waals surface area contributed by atoms with Crippen LogP contribution in [0.15, 0.2) is 46.0 Å². The van der Waals surface area contributed by atoms with Crippen molar-refractivity contribution in [3.05, 3.63) is 57.8 Å². The number of rotatable bonds is 3. The molecule has 0 spiro atoms. The number of aromatic nitrogens is 1. The van der Waals surface area contributed by atoms with Crippen molar-refractivity contribution in [2.24, 2.45) is 4.99 Å². The summed E-state index contributed by atoms with van der Waals surface area (Å²) >= 11 is 5.31. The average Bonchev–Trinajstić information content (AvgIpc) is 3.17. The molecule has 1 N–H and O–H groups in total. The number of fused-ring (bicyclic) bond motifs is 1. The molecule has 1 aromatic carbocycles. The Morgan fingerprint density at radius 2 is 2.20 bits per heavy atom. The molecule has 25 heavy (non-hydrogen) atoms. The number of hydrogen-bond donors (Lipinski definition) is 1. The van der Waals surface area contributed by atoms with Crippen molar-refractivity contribution in [1.29, 1.82) is 0 Å². The summed E-state index contributed by atoms with van der Waals surface area (Å²) in [6.07, 6.45) is 2.87. The Balaban J connectivity index is 1.86. The van der Waals surface area contributed by atoms with Crippen molar-refractivity contribution in [1.82, 2.24) is 9.88 Å². The van der Waals surface area contributed by atoms with E-state index in [4.69, 9.17) is 4.99 Å². The van der Waals surface area contributed by atoms with E-state index in [1.165, 1.54) is 0 Å². The molecule has 0 saturated carbocycles. The lowest BCUT2D eigenvalue weighted by Crippen LogP contribution is -2.35. The Hall–Kier alpha value is -1.53. The molecule has 1 fully saturated rings. The molecule has 4 rings (SSSR count). The van der Waals surface area contributed by atoms with E-state index < -0.39 is 0 Å². The van der Waals surface area contributed by atoms with E-state index in [2.05, 4.69) is 45.7 Å². The van der Waals surface area contributed by atoms with Gasteiger partial charge in [-0.05, 0) is 53.0 Å². The first-order valence-corrected chi connectivity index (χ1v) is 10.3. The Kier molecular flexibility index (Phi) is 4.50. The van der Waals surface area contributed by atoms with Gasteiger partial charge in [0.05, 0.1) is 16.2 Å². The van der Waals surface area contributed by atoms with Crippen LogP contribution in [0.4, 0.5) is 0 Å². The van der Waals surface area contributed by atoms with Crippen LogP contribution in [-0.4, -0.2) is 32.0 Å². The Morgan fingerprint density at radius 3 is 2.92 bits per heavy atom. The highest BCUT2D eigenvalue weighted by Crippen LogP contribution is 2.51. The zero-order valence-corrected chi connectivity index (χ0v) is 16.6. The highest BCUT2D eigenvalue weighted by molar-refractivity contribution is 9.10. The summed E-state index contributed by atoms with van der Waals surface area (Å²) in [5.41, 5.74) is 2.98. The molecule has 130 valence electrons. The van der Waals surface area contributed by atoms with Crippen LogP contribution >= 0.6 is 27.7 Å². The van der Waals surface area contributed by atoms with E-state index in [1.807, 2.05) is 42.2 Å². The minimum absolute atomic E-state index is 0.0268. The highest BCUT2D eigenvalue weighted by atomic mass is 79.9. The van der Waals surface area contributed by atoms with Gasteiger partial charge in [0, 0.05) is 23.6 Å². The highest BCUT2D eigenvalue weighted by Gasteiger charge is 2.46. The molecule has 3 heterocycles. The van der Waals surface area contributed by atoms with Crippen LogP contribution < -0.4 is 0 Å². The van der Waals surface area contributed by atoms with Crippen molar-refractivity contribution in [2.75, 3.05) is 5.75 Å². The number of aromatic hydroxyl groups is 1. The van der Waals surface area contributed by atoms with Gasteiger partial charge in [-0.2, -0.15) is 0 Å². The molecule has 0 amide bonds. The van der Waals surface area contributed by atoms with E-state index in [0.717, 1.165) is 38.6 Å². The molecule has 4 nitrogen and oxygen atoms in total. The number of halogens is 1. The number of pyridine rings is 1. The summed E-state index contributed by atoms with van der Waals surface area (Å²) in [6, 6.07) is 10.3. The van der Waals surface area contributed by atoms with Crippen LogP contribution in [0.3, 0.4) is 0 Å². The SMILES string of the molecule is CCC1CSC2=NC(c3ccccn3)C(c3cc(C)cc(Br)c3O)N21. The largest absolute Gasteiger partial charge is 0.506 e. The molecular weight excluding hydrogens is 398 g/mol. The number of amidine groups is 1. The molecule has 1 saturated heterocycles. The van der Waals surface area contributed by atoms with Crippen molar-refractivity contribution < 1.29 is 5.11 Å². The lowest BCUT2D eigenvalue weighted by molar-refractivity contribution is 0.250. The monoisotopic (exact) mass is 417 g/mol. The second-order valence-electron chi connectivity index (χ2n) is 6.52. The predicted octanol–water partition coefficient (Wildman–Crippen LogP) is 4.84. The first-order valence-electron chi connectivity index (χ1n) is 8.49. The van der Waals surface area contributed by atoms with Crippen LogP contribution in [0.1, 0.15) is 42.2 Å². The van der Waals surface area contributed by atoms with Crippen LogP contribution in [-0.2, 0) is 0 Å². The number of phenols is 1. The van der Waals surface area contributed by atoms with Gasteiger partial charge >= 0.3 is 0 Å². The fourth-order valence-electron chi connectivity index (χ4n) is 3.67. The molecule has 6 heteroatoms. The van der Waals surface area contributed by atoms with Crippen LogP contribution in [0.5, 0.6) is 5.75 Å². The number of hydrogen-bond acceptors (Lipinski definition) is 5. The second-order valence-corrected chi connectivity index (χ2v) is 8.36. The van der Waals surface area contributed by atoms with Crippen molar-refractivity contribution in [2.45, 2.75) is 38.4 Å². The van der Waals surface area contributed by atoms with Gasteiger partial charge in [-0.15, -0.1) is 0 Å². The van der Waals surface area contributed by atoms with Gasteiger partial charge in [-0.1, -0.05) is 30.8 Å². The fourth-order valence-corrected chi connectivity index (χ4v) is 5.60. The number of nitrogens with zero attached hydrogens (tertiary/aromatic N) is 3. The third-order valence-electron chi connectivity index (χ3n) is 4.89. The molecule has 0 bridgehead atoms. The average molecular weight is 418 g/mol. The van der Waals surface area contributed by atoms with Gasteiger partial charge in [0.1, 0.15) is 11.8 Å². The maximum Gasteiger partial charge on any atom is 0.160 e. The summed E-state index contributed by atoms with van der Waals surface area (Å²) in [6.45, 7) is 4.27. The van der Waals surface area contributed by atoms with Crippen LogP contribution in [0, 0.1) is 6.92 Å². The van der Waals surface area contributed by atoms with Crippen LogP contribution in [0.25, 0.3) is 0 Å². The number of phenolic OH excluding ortho intramolecular Hbond substituents is 1. The summed E-state index contributed by atoms with van der Waals surface area (Å²) in [5, 5.41) is 11.8. The maximum absolute atomic E-state index is 10.8. The predicted molar refractivity (Wildman–Crippen MR) is 106 cm³/mol. The topological polar surface area (TPSA) is 48.7 Å².